The van der Waals surface area contributed by atoms with E-state index in [4.69, 9.17) is 4.74 Å². The molecular weight excluding hydrogens is 504 g/mol. The third-order valence-corrected chi connectivity index (χ3v) is 4.63. The fraction of sp³-hybridized carbons (Fsp3) is 0.778. The first-order chi connectivity index (χ1) is 16.2. The molecule has 18 heteroatoms. The number of rotatable bonds is 9. The van der Waals surface area contributed by atoms with E-state index < -0.39 is 84.3 Å². The molecule has 208 valence electrons. The van der Waals surface area contributed by atoms with Crippen molar-refractivity contribution in [2.24, 2.45) is 0 Å². The molecule has 9 N–H and O–H groups in total. The van der Waals surface area contributed by atoms with E-state index in [0.717, 1.165) is 20.8 Å². The lowest BCUT2D eigenvalue weighted by Gasteiger charge is -2.57. The second-order valence-electron chi connectivity index (χ2n) is 7.74. The summed E-state index contributed by atoms with van der Waals surface area (Å²) in [6.45, 7) is 1.33. The highest BCUT2D eigenvalue weighted by atomic mass is 16.9. The predicted molar refractivity (Wildman–Crippen MR) is 103 cm³/mol. The number of ether oxygens (including phenoxy) is 5. The molecule has 0 bridgehead atoms. The first-order valence-corrected chi connectivity index (χ1v) is 10.0. The Bertz CT molecular complexity index is 855. The molecule has 1 aliphatic rings. The minimum atomic E-state index is -4.64. The molecule has 1 heterocycles. The molecule has 1 fully saturated rings. The molecule has 1 saturated heterocycles. The van der Waals surface area contributed by atoms with Crippen LogP contribution in [0.15, 0.2) is 0 Å². The van der Waals surface area contributed by atoms with Crippen molar-refractivity contribution < 1.29 is 88.8 Å². The number of carbonyl (C=O) groups excluding carboxylic acids is 4. The number of hydrogen-bond donors (Lipinski definition) is 9. The Kier molecular flexibility index (Phi) is 9.49. The Balaban J connectivity index is 4.05. The largest absolute Gasteiger partial charge is 0.421 e. The van der Waals surface area contributed by atoms with Gasteiger partial charge >= 0.3 is 47.2 Å². The molecule has 0 aromatic rings. The highest BCUT2D eigenvalue weighted by Gasteiger charge is 2.87. The average molecular weight is 532 g/mol. The fourth-order valence-corrected chi connectivity index (χ4v) is 2.61. The summed E-state index contributed by atoms with van der Waals surface area (Å²) >= 11 is 0. The van der Waals surface area contributed by atoms with Gasteiger partial charge in [0.1, 0.15) is 24.4 Å². The average Bonchev–Trinajstić information content (AvgIpc) is 2.75. The van der Waals surface area contributed by atoms with Crippen molar-refractivity contribution in [3.05, 3.63) is 0 Å². The summed E-state index contributed by atoms with van der Waals surface area (Å²) in [6.07, 6.45) is -11.4. The van der Waals surface area contributed by atoms with Gasteiger partial charge in [-0.2, -0.15) is 0 Å². The zero-order valence-corrected chi connectivity index (χ0v) is 19.3. The van der Waals surface area contributed by atoms with Gasteiger partial charge in [-0.15, -0.1) is 0 Å². The normalized spacial score (nSPS) is 35.5. The van der Waals surface area contributed by atoms with Gasteiger partial charge in [-0.25, -0.2) is 19.2 Å². The molecule has 0 amide bonds. The van der Waals surface area contributed by atoms with Crippen LogP contribution in [0, 0.1) is 0 Å². The summed E-state index contributed by atoms with van der Waals surface area (Å²) in [5.41, 5.74) is 0. The topological polar surface area (TPSA) is 296 Å². The van der Waals surface area contributed by atoms with E-state index >= 15 is 0 Å². The summed E-state index contributed by atoms with van der Waals surface area (Å²) in [7, 11) is 0. The van der Waals surface area contributed by atoms with E-state index in [1.165, 1.54) is 0 Å². The maximum Gasteiger partial charge on any atom is 0.404 e. The Labute approximate surface area is 201 Å². The zero-order valence-electron chi connectivity index (χ0n) is 19.3. The predicted octanol–water partition coefficient (Wildman–Crippen LogP) is -6.21. The van der Waals surface area contributed by atoms with Crippen LogP contribution in [0.3, 0.4) is 0 Å². The van der Waals surface area contributed by atoms with Crippen LogP contribution in [0.5, 0.6) is 0 Å². The summed E-state index contributed by atoms with van der Waals surface area (Å²) in [6, 6.07) is 0. The summed E-state index contributed by atoms with van der Waals surface area (Å²) < 4.78 is 22.4. The Hall–Kier alpha value is -2.52. The summed E-state index contributed by atoms with van der Waals surface area (Å²) in [5, 5.41) is 92.1. The maximum absolute atomic E-state index is 12.2. The number of aliphatic hydroxyl groups is 9. The molecule has 9 atom stereocenters. The van der Waals surface area contributed by atoms with Gasteiger partial charge in [-0.05, 0) is 27.7 Å². The van der Waals surface area contributed by atoms with Crippen LogP contribution in [-0.4, -0.2) is 130 Å². The van der Waals surface area contributed by atoms with Gasteiger partial charge in [0, 0.05) is 0 Å². The van der Waals surface area contributed by atoms with Gasteiger partial charge in [0.05, 0.1) is 6.61 Å². The van der Waals surface area contributed by atoms with Gasteiger partial charge in [0.25, 0.3) is 0 Å². The van der Waals surface area contributed by atoms with E-state index in [1.54, 1.807) is 0 Å². The maximum atomic E-state index is 12.2. The lowest BCUT2D eigenvalue weighted by atomic mass is 9.85. The first kappa shape index (κ1) is 31.5. The van der Waals surface area contributed by atoms with Crippen molar-refractivity contribution in [3.8, 4) is 0 Å². The third kappa shape index (κ3) is 5.42. The van der Waals surface area contributed by atoms with Crippen molar-refractivity contribution in [1.82, 2.24) is 0 Å². The van der Waals surface area contributed by atoms with E-state index in [-0.39, 0.29) is 0 Å². The molecule has 0 saturated carbocycles. The van der Waals surface area contributed by atoms with E-state index in [9.17, 15) is 65.1 Å². The monoisotopic (exact) mass is 532 g/mol. The molecule has 0 radical (unpaired) electrons. The van der Waals surface area contributed by atoms with Gasteiger partial charge in [-0.1, -0.05) is 0 Å². The smallest absolute Gasteiger partial charge is 0.404 e. The molecule has 18 nitrogen and oxygen atoms in total. The van der Waals surface area contributed by atoms with Crippen LogP contribution in [0.4, 0.5) is 0 Å². The van der Waals surface area contributed by atoms with Crippen molar-refractivity contribution in [2.45, 2.75) is 81.5 Å². The number of hydrogen-bond acceptors (Lipinski definition) is 18. The molecule has 0 aliphatic carbocycles. The number of esters is 4. The lowest BCUT2D eigenvalue weighted by Crippen LogP contribution is -2.88. The molecule has 0 aromatic carbocycles. The van der Waals surface area contributed by atoms with Crippen LogP contribution in [0.1, 0.15) is 27.7 Å². The van der Waals surface area contributed by atoms with Gasteiger partial charge < -0.3 is 64.9 Å². The van der Waals surface area contributed by atoms with E-state index in [0.29, 0.717) is 6.92 Å². The second kappa shape index (κ2) is 10.8. The van der Waals surface area contributed by atoms with Gasteiger partial charge in [0.15, 0.2) is 6.10 Å². The fourth-order valence-electron chi connectivity index (χ4n) is 2.61. The summed E-state index contributed by atoms with van der Waals surface area (Å²) in [5.74, 6) is -25.4. The number of carbonyl (C=O) groups is 4. The molecular formula is C18H28O18. The van der Waals surface area contributed by atoms with Crippen molar-refractivity contribution in [3.63, 3.8) is 0 Å². The van der Waals surface area contributed by atoms with Gasteiger partial charge in [-0.3, -0.25) is 4.74 Å². The van der Waals surface area contributed by atoms with Crippen molar-refractivity contribution >= 4 is 23.9 Å². The molecule has 1 aliphatic heterocycles. The van der Waals surface area contributed by atoms with Crippen molar-refractivity contribution in [1.29, 1.82) is 0 Å². The Morgan fingerprint density at radius 1 is 0.667 bits per heavy atom. The Morgan fingerprint density at radius 2 is 1.00 bits per heavy atom. The van der Waals surface area contributed by atoms with E-state index in [2.05, 4.69) is 18.9 Å². The lowest BCUT2D eigenvalue weighted by molar-refractivity contribution is -0.594. The zero-order chi connectivity index (χ0) is 28.4. The second-order valence-corrected chi connectivity index (χ2v) is 7.74. The highest BCUT2D eigenvalue weighted by Crippen LogP contribution is 2.51. The first-order valence-electron chi connectivity index (χ1n) is 10.0. The standard InChI is InChI=1S/C18H28O18/c1-6(20)11(24)33-15(28)10(5-19)32-18(31,36-14(27)9(4)23)17(30,35-13(26)8(3)22)16(15,29)34-12(25)7(2)21/h6-10,19-23,28-31H,5H2,1-4H3/t6?,7?,8?,9?,10-,15+,16+,17-,18?/m1/s1. The van der Waals surface area contributed by atoms with E-state index in [1.807, 2.05) is 0 Å². The molecule has 0 spiro atoms. The quantitative estimate of drug-likeness (QED) is 0.0757. The molecule has 1 rings (SSSR count). The molecule has 5 unspecified atom stereocenters. The van der Waals surface area contributed by atoms with Crippen molar-refractivity contribution in [2.75, 3.05) is 6.61 Å². The van der Waals surface area contributed by atoms with Gasteiger partial charge in [0.2, 0.25) is 0 Å². The molecule has 0 aromatic heterocycles. The molecule has 36 heavy (non-hydrogen) atoms. The van der Waals surface area contributed by atoms with Crippen LogP contribution in [0.25, 0.3) is 0 Å². The van der Waals surface area contributed by atoms with Crippen LogP contribution in [-0.2, 0) is 42.9 Å². The van der Waals surface area contributed by atoms with Crippen LogP contribution in [0.2, 0.25) is 0 Å². The Morgan fingerprint density at radius 3 is 1.36 bits per heavy atom. The highest BCUT2D eigenvalue weighted by molar-refractivity contribution is 5.77. The summed E-state index contributed by atoms with van der Waals surface area (Å²) in [4.78, 5) is 48.4. The minimum absolute atomic E-state index is 0.716. The SMILES string of the molecule is CC(O)C(=O)OC1(O)O[C@H](CO)[C@](O)(OC(=O)C(C)O)[C@](O)(OC(=O)C(C)O)[C@@]1(O)OC(=O)C(C)O. The van der Waals surface area contributed by atoms with Crippen LogP contribution < -0.4 is 0 Å². The number of aliphatic hydroxyl groups excluding tert-OH is 5. The third-order valence-electron chi connectivity index (χ3n) is 4.63. The minimum Gasteiger partial charge on any atom is -0.421 e. The van der Waals surface area contributed by atoms with Crippen LogP contribution >= 0.6 is 0 Å².